The molecule has 0 bridgehead atoms. The van der Waals surface area contributed by atoms with Crippen molar-refractivity contribution in [3.8, 4) is 0 Å². The van der Waals surface area contributed by atoms with E-state index in [0.717, 1.165) is 37.8 Å². The highest BCUT2D eigenvalue weighted by Gasteiger charge is 2.33. The Morgan fingerprint density at radius 1 is 1.16 bits per heavy atom. The van der Waals surface area contributed by atoms with Crippen LogP contribution in [-0.2, 0) is 9.59 Å². The third-order valence-corrected chi connectivity index (χ3v) is 5.19. The van der Waals surface area contributed by atoms with Crippen LogP contribution >= 0.6 is 12.4 Å². The number of carbonyl (C=O) groups is 2. The number of nitrogens with zero attached hydrogens (tertiary/aromatic N) is 1. The molecule has 3 rings (SSSR count). The highest BCUT2D eigenvalue weighted by molar-refractivity contribution is 6.00. The van der Waals surface area contributed by atoms with Crippen LogP contribution in [0.15, 0.2) is 24.3 Å². The van der Waals surface area contributed by atoms with Gasteiger partial charge in [0.1, 0.15) is 6.04 Å². The van der Waals surface area contributed by atoms with Gasteiger partial charge in [-0.05, 0) is 51.2 Å². The van der Waals surface area contributed by atoms with Gasteiger partial charge in [0.25, 0.3) is 0 Å². The second-order valence-corrected chi connectivity index (χ2v) is 7.15. The third-order valence-electron chi connectivity index (χ3n) is 5.19. The van der Waals surface area contributed by atoms with Gasteiger partial charge in [0.2, 0.25) is 11.8 Å². The van der Waals surface area contributed by atoms with Crippen molar-refractivity contribution in [1.29, 1.82) is 0 Å². The predicted octanol–water partition coefficient (Wildman–Crippen LogP) is 2.55. The Labute approximate surface area is 155 Å². The molecule has 1 saturated carbocycles. The molecule has 6 heteroatoms. The van der Waals surface area contributed by atoms with Crippen molar-refractivity contribution in [2.24, 2.45) is 11.7 Å². The summed E-state index contributed by atoms with van der Waals surface area (Å²) in [4.78, 5) is 27.1. The van der Waals surface area contributed by atoms with Gasteiger partial charge in [-0.3, -0.25) is 9.59 Å². The first-order valence-corrected chi connectivity index (χ1v) is 8.98. The smallest absolute Gasteiger partial charge is 0.249 e. The molecule has 3 unspecified atom stereocenters. The Kier molecular flexibility index (Phi) is 6.85. The number of hydrogen-bond acceptors (Lipinski definition) is 3. The lowest BCUT2D eigenvalue weighted by molar-refractivity contribution is -0.131. The Morgan fingerprint density at radius 2 is 1.88 bits per heavy atom. The maximum absolute atomic E-state index is 12.8. The Morgan fingerprint density at radius 3 is 2.56 bits per heavy atom. The lowest BCUT2D eigenvalue weighted by atomic mass is 9.85. The van der Waals surface area contributed by atoms with Gasteiger partial charge < -0.3 is 16.0 Å². The van der Waals surface area contributed by atoms with Crippen molar-refractivity contribution in [3.63, 3.8) is 0 Å². The van der Waals surface area contributed by atoms with Crippen LogP contribution in [0, 0.1) is 12.8 Å². The maximum atomic E-state index is 12.8. The molecule has 1 aromatic rings. The Balaban J connectivity index is 0.00000225. The zero-order valence-electron chi connectivity index (χ0n) is 14.7. The fourth-order valence-corrected chi connectivity index (χ4v) is 3.75. The minimum Gasteiger partial charge on any atom is -0.344 e. The number of aryl methyl sites for hydroxylation is 1. The fourth-order valence-electron chi connectivity index (χ4n) is 3.75. The van der Waals surface area contributed by atoms with Crippen molar-refractivity contribution in [2.75, 3.05) is 11.4 Å². The summed E-state index contributed by atoms with van der Waals surface area (Å²) in [6, 6.07) is 7.66. The number of nitrogens with one attached hydrogen (secondary N) is 1. The molecule has 25 heavy (non-hydrogen) atoms. The molecule has 1 heterocycles. The number of halogens is 1. The van der Waals surface area contributed by atoms with Gasteiger partial charge >= 0.3 is 0 Å². The molecular weight excluding hydrogens is 338 g/mol. The van der Waals surface area contributed by atoms with Gasteiger partial charge in [-0.2, -0.15) is 0 Å². The molecule has 0 radical (unpaired) electrons. The van der Waals surface area contributed by atoms with E-state index in [9.17, 15) is 9.59 Å². The van der Waals surface area contributed by atoms with Gasteiger partial charge in [-0.25, -0.2) is 0 Å². The van der Waals surface area contributed by atoms with Crippen LogP contribution in [0.5, 0.6) is 0 Å². The van der Waals surface area contributed by atoms with E-state index in [1.54, 1.807) is 4.90 Å². The minimum atomic E-state index is -0.411. The maximum Gasteiger partial charge on any atom is 0.249 e. The van der Waals surface area contributed by atoms with Crippen LogP contribution < -0.4 is 16.0 Å². The highest BCUT2D eigenvalue weighted by atomic mass is 35.5. The van der Waals surface area contributed by atoms with Crippen LogP contribution in [0.1, 0.15) is 44.1 Å². The molecular formula is C19H28ClN3O2. The van der Waals surface area contributed by atoms with Crippen LogP contribution in [0.25, 0.3) is 0 Å². The monoisotopic (exact) mass is 365 g/mol. The molecule has 3 atom stereocenters. The number of piperidine rings is 1. The Hall–Kier alpha value is -1.59. The molecule has 1 aliphatic carbocycles. The lowest BCUT2D eigenvalue weighted by Crippen LogP contribution is -2.54. The van der Waals surface area contributed by atoms with E-state index in [2.05, 4.69) is 5.32 Å². The normalized spacial score (nSPS) is 26.7. The quantitative estimate of drug-likeness (QED) is 0.864. The van der Waals surface area contributed by atoms with Crippen LogP contribution in [0.2, 0.25) is 0 Å². The number of anilines is 1. The van der Waals surface area contributed by atoms with E-state index in [0.29, 0.717) is 13.0 Å². The second kappa shape index (κ2) is 8.68. The van der Waals surface area contributed by atoms with Gasteiger partial charge in [0.15, 0.2) is 0 Å². The molecule has 1 aromatic carbocycles. The summed E-state index contributed by atoms with van der Waals surface area (Å²) >= 11 is 0. The second-order valence-electron chi connectivity index (χ2n) is 7.15. The van der Waals surface area contributed by atoms with Crippen LogP contribution in [0.3, 0.4) is 0 Å². The molecule has 2 fully saturated rings. The first kappa shape index (κ1) is 19.7. The minimum absolute atomic E-state index is 0. The van der Waals surface area contributed by atoms with Crippen molar-refractivity contribution in [3.05, 3.63) is 29.8 Å². The summed E-state index contributed by atoms with van der Waals surface area (Å²) in [5.74, 6) is -0.0517. The zero-order chi connectivity index (χ0) is 17.1. The average molecular weight is 366 g/mol. The lowest BCUT2D eigenvalue weighted by Gasteiger charge is -2.34. The first-order valence-electron chi connectivity index (χ1n) is 8.98. The van der Waals surface area contributed by atoms with Crippen molar-refractivity contribution < 1.29 is 9.59 Å². The van der Waals surface area contributed by atoms with Gasteiger partial charge in [0.05, 0.1) is 0 Å². The molecule has 0 aromatic heterocycles. The Bertz CT molecular complexity index is 605. The first-order chi connectivity index (χ1) is 11.5. The van der Waals surface area contributed by atoms with E-state index in [1.165, 1.54) is 5.56 Å². The summed E-state index contributed by atoms with van der Waals surface area (Å²) in [6.07, 6.45) is 5.21. The van der Waals surface area contributed by atoms with E-state index in [1.807, 2.05) is 31.2 Å². The average Bonchev–Trinajstić information content (AvgIpc) is 2.58. The molecule has 1 saturated heterocycles. The molecule has 1 aliphatic heterocycles. The molecule has 3 N–H and O–H groups in total. The van der Waals surface area contributed by atoms with Gasteiger partial charge in [-0.1, -0.05) is 24.1 Å². The number of benzene rings is 1. The topological polar surface area (TPSA) is 75.4 Å². The van der Waals surface area contributed by atoms with Gasteiger partial charge in [0, 0.05) is 24.2 Å². The summed E-state index contributed by atoms with van der Waals surface area (Å²) in [5, 5.41) is 2.98. The van der Waals surface area contributed by atoms with E-state index < -0.39 is 6.04 Å². The molecule has 5 nitrogen and oxygen atoms in total. The van der Waals surface area contributed by atoms with Crippen molar-refractivity contribution >= 4 is 29.9 Å². The predicted molar refractivity (Wildman–Crippen MR) is 102 cm³/mol. The summed E-state index contributed by atoms with van der Waals surface area (Å²) in [5.41, 5.74) is 8.05. The van der Waals surface area contributed by atoms with Crippen LogP contribution in [0.4, 0.5) is 5.69 Å². The summed E-state index contributed by atoms with van der Waals surface area (Å²) in [7, 11) is 0. The number of rotatable bonds is 3. The molecule has 2 aliphatic rings. The van der Waals surface area contributed by atoms with Gasteiger partial charge in [-0.15, -0.1) is 12.4 Å². The molecule has 2 amide bonds. The fraction of sp³-hybridized carbons (Fsp3) is 0.579. The van der Waals surface area contributed by atoms with Crippen molar-refractivity contribution in [1.82, 2.24) is 5.32 Å². The number of nitrogens with two attached hydrogens (primary N) is 1. The van der Waals surface area contributed by atoms with E-state index in [4.69, 9.17) is 5.73 Å². The summed E-state index contributed by atoms with van der Waals surface area (Å²) < 4.78 is 0. The van der Waals surface area contributed by atoms with E-state index in [-0.39, 0.29) is 36.2 Å². The number of carbonyl (C=O) groups excluding carboxylic acids is 2. The van der Waals surface area contributed by atoms with E-state index >= 15 is 0 Å². The summed E-state index contributed by atoms with van der Waals surface area (Å²) in [6.45, 7) is 2.74. The molecule has 0 spiro atoms. The SMILES string of the molecule is Cc1ccc(N2CCCC(NC(=O)C3CCCC(N)C3)C2=O)cc1.Cl. The highest BCUT2D eigenvalue weighted by Crippen LogP contribution is 2.25. The van der Waals surface area contributed by atoms with Crippen LogP contribution in [-0.4, -0.2) is 30.4 Å². The number of amides is 2. The van der Waals surface area contributed by atoms with Crippen molar-refractivity contribution in [2.45, 2.75) is 57.5 Å². The third kappa shape index (κ3) is 4.73. The number of hydrogen-bond donors (Lipinski definition) is 2. The largest absolute Gasteiger partial charge is 0.344 e. The standard InChI is InChI=1S/C19H27N3O2.ClH/c1-13-7-9-16(10-8-13)22-11-3-6-17(19(22)24)21-18(23)14-4-2-5-15(20)12-14;/h7-10,14-15,17H,2-6,11-12,20H2,1H3,(H,21,23);1H. The molecule has 138 valence electrons. The zero-order valence-corrected chi connectivity index (χ0v) is 15.6.